The molecule has 0 aliphatic rings. The average molecular weight is 367 g/mol. The normalized spacial score (nSPS) is 10.2. The van der Waals surface area contributed by atoms with Gasteiger partial charge in [-0.1, -0.05) is 76.9 Å². The molecule has 0 aliphatic heterocycles. The fraction of sp³-hybridized carbons (Fsp3) is 0.850. The Morgan fingerprint density at radius 3 is 1.48 bits per heavy atom. The molecule has 0 aromatic carbocycles. The van der Waals surface area contributed by atoms with Crippen molar-refractivity contribution in [3.05, 3.63) is 12.2 Å². The maximum absolute atomic E-state index is 9.01. The van der Waals surface area contributed by atoms with Gasteiger partial charge in [0, 0.05) is 6.61 Å². The van der Waals surface area contributed by atoms with Crippen molar-refractivity contribution in [3.8, 4) is 0 Å². The van der Waals surface area contributed by atoms with E-state index in [1.165, 1.54) is 83.5 Å². The van der Waals surface area contributed by atoms with Gasteiger partial charge in [-0.05, 0) is 32.1 Å². The first-order valence-corrected chi connectivity index (χ1v) is 9.75. The summed E-state index contributed by atoms with van der Waals surface area (Å²) in [7, 11) is 0. The Labute approximate surface area is 177 Å². The van der Waals surface area contributed by atoms with Crippen LogP contribution in [0.5, 0.6) is 0 Å². The van der Waals surface area contributed by atoms with Gasteiger partial charge >= 0.3 is 29.6 Å². The van der Waals surface area contributed by atoms with Gasteiger partial charge in [0.25, 0.3) is 0 Å². The van der Waals surface area contributed by atoms with Crippen LogP contribution in [-0.4, -0.2) is 29.4 Å². The van der Waals surface area contributed by atoms with Gasteiger partial charge in [-0.15, -0.1) is 0 Å². The van der Waals surface area contributed by atoms with Gasteiger partial charge in [-0.25, -0.2) is 0 Å². The van der Waals surface area contributed by atoms with Gasteiger partial charge in [0.2, 0.25) is 0 Å². The first-order valence-electron chi connectivity index (χ1n) is 9.75. The molecule has 0 spiro atoms. The van der Waals surface area contributed by atoms with Crippen molar-refractivity contribution in [1.82, 2.24) is 0 Å². The molecule has 4 nitrogen and oxygen atoms in total. The zero-order valence-corrected chi connectivity index (χ0v) is 18.7. The van der Waals surface area contributed by atoms with Crippen molar-refractivity contribution in [2.75, 3.05) is 13.2 Å². The van der Waals surface area contributed by atoms with Gasteiger partial charge in [0.15, 0.2) is 0 Å². The minimum Gasteiger partial charge on any atom is -0.548 e. The molecule has 0 aliphatic carbocycles. The van der Waals surface area contributed by atoms with E-state index in [-0.39, 0.29) is 29.6 Å². The molecular weight excluding hydrogens is 327 g/mol. The van der Waals surface area contributed by atoms with Crippen LogP contribution >= 0.6 is 0 Å². The molecule has 0 aromatic heterocycles. The monoisotopic (exact) mass is 366 g/mol. The van der Waals surface area contributed by atoms with E-state index in [0.717, 1.165) is 6.42 Å². The third-order valence-electron chi connectivity index (χ3n) is 3.80. The third-order valence-corrected chi connectivity index (χ3v) is 3.80. The molecule has 2 N–H and O–H groups in total. The Hall–Kier alpha value is 0.130. The SMILES string of the molecule is CCCCCCCC/C=C\CCCCCCCCO.O=C([O-])CO.[Na+]. The number of aliphatic hydroxyl groups excluding tert-OH is 2. The number of rotatable bonds is 16. The Morgan fingerprint density at radius 2 is 1.12 bits per heavy atom. The van der Waals surface area contributed by atoms with Crippen molar-refractivity contribution in [2.24, 2.45) is 0 Å². The van der Waals surface area contributed by atoms with Crippen molar-refractivity contribution in [2.45, 2.75) is 96.8 Å². The van der Waals surface area contributed by atoms with Crippen LogP contribution < -0.4 is 34.7 Å². The quantitative estimate of drug-likeness (QED) is 0.240. The number of hydrogen-bond acceptors (Lipinski definition) is 4. The van der Waals surface area contributed by atoms with Gasteiger partial charge in [-0.3, -0.25) is 0 Å². The van der Waals surface area contributed by atoms with Crippen LogP contribution in [0.25, 0.3) is 0 Å². The number of carbonyl (C=O) groups excluding carboxylic acids is 1. The minimum atomic E-state index is -1.44. The predicted molar refractivity (Wildman–Crippen MR) is 98.6 cm³/mol. The van der Waals surface area contributed by atoms with E-state index in [1.807, 2.05) is 0 Å². The predicted octanol–water partition coefficient (Wildman–Crippen LogP) is 0.749. The first-order chi connectivity index (χ1) is 11.7. The molecule has 0 saturated heterocycles. The van der Waals surface area contributed by atoms with Gasteiger partial charge < -0.3 is 20.1 Å². The van der Waals surface area contributed by atoms with Crippen molar-refractivity contribution in [1.29, 1.82) is 0 Å². The number of carbonyl (C=O) groups is 1. The van der Waals surface area contributed by atoms with Crippen LogP contribution in [0.1, 0.15) is 96.8 Å². The Bertz CT molecular complexity index is 270. The van der Waals surface area contributed by atoms with E-state index >= 15 is 0 Å². The van der Waals surface area contributed by atoms with Crippen molar-refractivity contribution >= 4 is 5.97 Å². The number of carboxylic acid groups (broad SMARTS) is 1. The molecule has 0 rings (SSSR count). The van der Waals surface area contributed by atoms with E-state index in [0.29, 0.717) is 6.61 Å². The number of hydrogen-bond donors (Lipinski definition) is 2. The topological polar surface area (TPSA) is 80.6 Å². The van der Waals surface area contributed by atoms with E-state index in [9.17, 15) is 0 Å². The second-order valence-corrected chi connectivity index (χ2v) is 6.19. The number of aliphatic hydroxyl groups is 2. The van der Waals surface area contributed by atoms with Gasteiger partial charge in [-0.2, -0.15) is 0 Å². The van der Waals surface area contributed by atoms with E-state index in [4.69, 9.17) is 20.1 Å². The summed E-state index contributed by atoms with van der Waals surface area (Å²) in [6.07, 6.45) is 23.2. The third kappa shape index (κ3) is 36.0. The molecule has 144 valence electrons. The summed E-state index contributed by atoms with van der Waals surface area (Å²) >= 11 is 0. The smallest absolute Gasteiger partial charge is 0.548 e. The molecule has 0 saturated carbocycles. The van der Waals surface area contributed by atoms with Crippen LogP contribution in [0.2, 0.25) is 0 Å². The van der Waals surface area contributed by atoms with Crippen LogP contribution in [0.4, 0.5) is 0 Å². The maximum Gasteiger partial charge on any atom is 1.00 e. The van der Waals surface area contributed by atoms with Crippen molar-refractivity contribution < 1.29 is 49.7 Å². The zero-order valence-electron chi connectivity index (χ0n) is 16.7. The summed E-state index contributed by atoms with van der Waals surface area (Å²) in [6, 6.07) is 0. The molecular formula is C20H39NaO4. The standard InChI is InChI=1S/C18H36O.C2H4O3.Na/c1-2-3-4-5-6-7-8-9-10-11-12-13-14-15-16-17-18-19;3-1-2(4)5;/h9-10,19H,2-8,11-18H2,1H3;3H,1H2,(H,4,5);/q;;+1/p-1/b10-9-;;. The molecule has 0 radical (unpaired) electrons. The van der Waals surface area contributed by atoms with Gasteiger partial charge in [0.05, 0.1) is 12.6 Å². The summed E-state index contributed by atoms with van der Waals surface area (Å²) in [5, 5.41) is 25.1. The number of carboxylic acids is 1. The largest absolute Gasteiger partial charge is 1.00 e. The van der Waals surface area contributed by atoms with E-state index in [2.05, 4.69) is 19.1 Å². The summed E-state index contributed by atoms with van der Waals surface area (Å²) in [5.74, 6) is -1.44. The molecule has 5 heteroatoms. The fourth-order valence-corrected chi connectivity index (χ4v) is 2.36. The summed E-state index contributed by atoms with van der Waals surface area (Å²) in [5.41, 5.74) is 0. The van der Waals surface area contributed by atoms with E-state index < -0.39 is 12.6 Å². The molecule has 0 bridgehead atoms. The number of allylic oxidation sites excluding steroid dienone is 2. The van der Waals surface area contributed by atoms with Crippen molar-refractivity contribution in [3.63, 3.8) is 0 Å². The zero-order chi connectivity index (χ0) is 18.3. The van der Waals surface area contributed by atoms with Crippen LogP contribution in [0.15, 0.2) is 12.2 Å². The summed E-state index contributed by atoms with van der Waals surface area (Å²) < 4.78 is 0. The Balaban J connectivity index is -0.000000704. The average Bonchev–Trinajstić information content (AvgIpc) is 2.59. The maximum atomic E-state index is 9.01. The van der Waals surface area contributed by atoms with E-state index in [1.54, 1.807) is 0 Å². The Kier molecular flexibility index (Phi) is 34.6. The molecule has 0 aromatic rings. The molecule has 0 atom stereocenters. The van der Waals surface area contributed by atoms with Crippen LogP contribution in [0.3, 0.4) is 0 Å². The summed E-state index contributed by atoms with van der Waals surface area (Å²) in [6.45, 7) is 1.75. The van der Waals surface area contributed by atoms with Gasteiger partial charge in [0.1, 0.15) is 0 Å². The second kappa shape index (κ2) is 28.9. The minimum absolute atomic E-state index is 0. The number of aliphatic carboxylic acids is 1. The number of unbranched alkanes of at least 4 members (excludes halogenated alkanes) is 12. The van der Waals surface area contributed by atoms with Crippen LogP contribution in [-0.2, 0) is 4.79 Å². The molecule has 0 fully saturated rings. The van der Waals surface area contributed by atoms with Crippen LogP contribution in [0, 0.1) is 0 Å². The summed E-state index contributed by atoms with van der Waals surface area (Å²) in [4.78, 5) is 9.01. The fourth-order valence-electron chi connectivity index (χ4n) is 2.36. The molecule has 25 heavy (non-hydrogen) atoms. The molecule has 0 amide bonds. The second-order valence-electron chi connectivity index (χ2n) is 6.19. The molecule has 0 heterocycles. The first kappa shape index (κ1) is 29.9. The Morgan fingerprint density at radius 1 is 0.760 bits per heavy atom. The molecule has 0 unspecified atom stereocenters.